The molecular weight excluding hydrogens is 352 g/mol. The molecule has 134 valence electrons. The van der Waals surface area contributed by atoms with Gasteiger partial charge in [0.05, 0.1) is 13.4 Å². The summed E-state index contributed by atoms with van der Waals surface area (Å²) in [6.07, 6.45) is 3.32. The lowest BCUT2D eigenvalue weighted by Crippen LogP contribution is -2.51. The molecule has 0 aromatic heterocycles. The first-order chi connectivity index (χ1) is 11.2. The summed E-state index contributed by atoms with van der Waals surface area (Å²) in [5, 5.41) is 0.557. The van der Waals surface area contributed by atoms with Gasteiger partial charge >= 0.3 is 0 Å². The number of ether oxygens (including phenoxy) is 1. The lowest BCUT2D eigenvalue weighted by atomic mass is 10.0. The molecule has 1 atom stereocenters. The molecule has 1 aromatic rings. The molecule has 24 heavy (non-hydrogen) atoms. The predicted octanol–water partition coefficient (Wildman–Crippen LogP) is 2.12. The molecule has 1 unspecified atom stereocenters. The Bertz CT molecular complexity index is 708. The number of benzene rings is 1. The van der Waals surface area contributed by atoms with Crippen molar-refractivity contribution >= 4 is 27.5 Å². The number of amides is 1. The summed E-state index contributed by atoms with van der Waals surface area (Å²) in [5.74, 6) is 0.435. The number of sulfonamides is 1. The summed E-state index contributed by atoms with van der Waals surface area (Å²) in [5.41, 5.74) is 0.780. The van der Waals surface area contributed by atoms with Gasteiger partial charge in [0.1, 0.15) is 11.8 Å². The van der Waals surface area contributed by atoms with Crippen LogP contribution >= 0.6 is 11.6 Å². The highest BCUT2D eigenvalue weighted by atomic mass is 35.5. The lowest BCUT2D eigenvalue weighted by Gasteiger charge is -2.35. The Labute approximate surface area is 148 Å². The van der Waals surface area contributed by atoms with Crippen LogP contribution in [0.3, 0.4) is 0 Å². The van der Waals surface area contributed by atoms with E-state index >= 15 is 0 Å². The molecular formula is C16H23ClN2O4S. The van der Waals surface area contributed by atoms with Crippen molar-refractivity contribution in [3.8, 4) is 5.75 Å². The van der Waals surface area contributed by atoms with E-state index in [0.717, 1.165) is 24.7 Å². The molecule has 0 spiro atoms. The van der Waals surface area contributed by atoms with Crippen molar-refractivity contribution in [1.29, 1.82) is 0 Å². The molecule has 0 radical (unpaired) electrons. The Morgan fingerprint density at radius 3 is 2.75 bits per heavy atom. The largest absolute Gasteiger partial charge is 0.496 e. The van der Waals surface area contributed by atoms with Crippen molar-refractivity contribution < 1.29 is 17.9 Å². The van der Waals surface area contributed by atoms with Gasteiger partial charge < -0.3 is 9.64 Å². The molecule has 1 amide bonds. The molecule has 0 N–H and O–H groups in total. The number of carbonyl (C=O) groups is 1. The normalized spacial score (nSPS) is 19.1. The molecule has 1 saturated heterocycles. The fourth-order valence-electron chi connectivity index (χ4n) is 3.01. The Morgan fingerprint density at radius 1 is 1.42 bits per heavy atom. The first-order valence-electron chi connectivity index (χ1n) is 7.78. The molecule has 1 aliphatic heterocycles. The maximum absolute atomic E-state index is 12.8. The summed E-state index contributed by atoms with van der Waals surface area (Å²) in [6, 6.07) is 4.58. The van der Waals surface area contributed by atoms with Gasteiger partial charge in [-0.15, -0.1) is 0 Å². The molecule has 2 rings (SSSR count). The molecule has 1 aliphatic rings. The SMILES string of the molecule is COc1ccc(Cl)cc1CN(C)C(=O)C1CCCCN1S(C)(=O)=O. The van der Waals surface area contributed by atoms with Gasteiger partial charge in [-0.2, -0.15) is 4.31 Å². The molecule has 1 aromatic carbocycles. The zero-order valence-electron chi connectivity index (χ0n) is 14.2. The van der Waals surface area contributed by atoms with Crippen LogP contribution in [-0.2, 0) is 21.4 Å². The van der Waals surface area contributed by atoms with Gasteiger partial charge in [-0.05, 0) is 31.0 Å². The van der Waals surface area contributed by atoms with E-state index in [0.29, 0.717) is 30.3 Å². The molecule has 0 bridgehead atoms. The van der Waals surface area contributed by atoms with E-state index in [4.69, 9.17) is 16.3 Å². The molecule has 8 heteroatoms. The zero-order valence-corrected chi connectivity index (χ0v) is 15.7. The third kappa shape index (κ3) is 4.40. The van der Waals surface area contributed by atoms with Crippen LogP contribution in [0.15, 0.2) is 18.2 Å². The number of nitrogens with zero attached hydrogens (tertiary/aromatic N) is 2. The highest BCUT2D eigenvalue weighted by Crippen LogP contribution is 2.26. The third-order valence-electron chi connectivity index (χ3n) is 4.19. The number of carbonyl (C=O) groups excluding carboxylic acids is 1. The molecule has 0 saturated carbocycles. The maximum Gasteiger partial charge on any atom is 0.241 e. The van der Waals surface area contributed by atoms with Crippen LogP contribution in [0.1, 0.15) is 24.8 Å². The second kappa shape index (κ2) is 7.72. The number of piperidine rings is 1. The fourth-order valence-corrected chi connectivity index (χ4v) is 4.32. The van der Waals surface area contributed by atoms with E-state index in [9.17, 15) is 13.2 Å². The first-order valence-corrected chi connectivity index (χ1v) is 10.0. The highest BCUT2D eigenvalue weighted by molar-refractivity contribution is 7.88. The topological polar surface area (TPSA) is 66.9 Å². The average Bonchev–Trinajstić information content (AvgIpc) is 2.53. The minimum absolute atomic E-state index is 0.206. The second-order valence-electron chi connectivity index (χ2n) is 6.04. The van der Waals surface area contributed by atoms with Gasteiger partial charge in [-0.1, -0.05) is 18.0 Å². The first kappa shape index (κ1) is 19.0. The van der Waals surface area contributed by atoms with Crippen LogP contribution in [-0.4, -0.2) is 56.5 Å². The van der Waals surface area contributed by atoms with Crippen molar-refractivity contribution in [1.82, 2.24) is 9.21 Å². The molecule has 1 heterocycles. The van der Waals surface area contributed by atoms with Crippen LogP contribution in [0.5, 0.6) is 5.75 Å². The predicted molar refractivity (Wildman–Crippen MR) is 93.7 cm³/mol. The molecule has 1 fully saturated rings. The van der Waals surface area contributed by atoms with Crippen LogP contribution in [0, 0.1) is 0 Å². The third-order valence-corrected chi connectivity index (χ3v) is 5.72. The minimum atomic E-state index is -3.41. The smallest absolute Gasteiger partial charge is 0.241 e. The maximum atomic E-state index is 12.8. The molecule has 0 aliphatic carbocycles. The van der Waals surface area contributed by atoms with Crippen molar-refractivity contribution in [2.24, 2.45) is 0 Å². The van der Waals surface area contributed by atoms with Gasteiger partial charge in [0.15, 0.2) is 0 Å². The number of methoxy groups -OCH3 is 1. The lowest BCUT2D eigenvalue weighted by molar-refractivity contribution is -0.135. The van der Waals surface area contributed by atoms with E-state index in [-0.39, 0.29) is 5.91 Å². The Morgan fingerprint density at radius 2 is 2.12 bits per heavy atom. The monoisotopic (exact) mass is 374 g/mol. The quantitative estimate of drug-likeness (QED) is 0.791. The van der Waals surface area contributed by atoms with Crippen molar-refractivity contribution in [2.45, 2.75) is 31.8 Å². The van der Waals surface area contributed by atoms with Crippen molar-refractivity contribution in [2.75, 3.05) is 27.0 Å². The standard InChI is InChI=1S/C16H23ClN2O4S/c1-18(11-12-10-13(17)7-8-15(12)23-2)16(20)14-6-4-5-9-19(14)24(3,21)22/h7-8,10,14H,4-6,9,11H2,1-3H3. The number of rotatable bonds is 5. The number of hydrogen-bond acceptors (Lipinski definition) is 4. The Kier molecular flexibility index (Phi) is 6.11. The summed E-state index contributed by atoms with van der Waals surface area (Å²) in [6.45, 7) is 0.695. The second-order valence-corrected chi connectivity index (χ2v) is 8.41. The number of halogens is 1. The summed E-state index contributed by atoms with van der Waals surface area (Å²) in [4.78, 5) is 14.3. The summed E-state index contributed by atoms with van der Waals surface area (Å²) < 4.78 is 30.5. The number of hydrogen-bond donors (Lipinski definition) is 0. The van der Waals surface area contributed by atoms with E-state index in [2.05, 4.69) is 0 Å². The van der Waals surface area contributed by atoms with E-state index in [1.54, 1.807) is 32.4 Å². The van der Waals surface area contributed by atoms with Crippen LogP contribution in [0.25, 0.3) is 0 Å². The van der Waals surface area contributed by atoms with E-state index in [1.807, 2.05) is 0 Å². The van der Waals surface area contributed by atoms with Gasteiger partial charge in [-0.25, -0.2) is 8.42 Å². The van der Waals surface area contributed by atoms with Crippen molar-refractivity contribution in [3.63, 3.8) is 0 Å². The summed E-state index contributed by atoms with van der Waals surface area (Å²) in [7, 11) is -0.185. The highest BCUT2D eigenvalue weighted by Gasteiger charge is 2.36. The van der Waals surface area contributed by atoms with Gasteiger partial charge in [0.2, 0.25) is 15.9 Å². The Hall–Kier alpha value is -1.31. The minimum Gasteiger partial charge on any atom is -0.496 e. The molecule has 6 nitrogen and oxygen atoms in total. The van der Waals surface area contributed by atoms with Crippen LogP contribution < -0.4 is 4.74 Å². The Balaban J connectivity index is 2.18. The van der Waals surface area contributed by atoms with Gasteiger partial charge in [0, 0.05) is 30.7 Å². The van der Waals surface area contributed by atoms with E-state index in [1.165, 1.54) is 9.21 Å². The van der Waals surface area contributed by atoms with Crippen LogP contribution in [0.4, 0.5) is 0 Å². The van der Waals surface area contributed by atoms with Crippen LogP contribution in [0.2, 0.25) is 5.02 Å². The van der Waals surface area contributed by atoms with Crippen molar-refractivity contribution in [3.05, 3.63) is 28.8 Å². The number of likely N-dealkylation sites (N-methyl/N-ethyl adjacent to an activating group) is 1. The average molecular weight is 375 g/mol. The van der Waals surface area contributed by atoms with Gasteiger partial charge in [0.25, 0.3) is 0 Å². The zero-order chi connectivity index (χ0) is 17.9. The van der Waals surface area contributed by atoms with E-state index < -0.39 is 16.1 Å². The summed E-state index contributed by atoms with van der Waals surface area (Å²) >= 11 is 6.02. The fraction of sp³-hybridized carbons (Fsp3) is 0.562. The van der Waals surface area contributed by atoms with Gasteiger partial charge in [-0.3, -0.25) is 4.79 Å².